The van der Waals surface area contributed by atoms with Gasteiger partial charge in [0, 0.05) is 0 Å². The van der Waals surface area contributed by atoms with Crippen LogP contribution in [0.4, 0.5) is 0 Å². The number of aliphatic hydroxyl groups excluding tert-OH is 1. The fourth-order valence-corrected chi connectivity index (χ4v) is 2.15. The summed E-state index contributed by atoms with van der Waals surface area (Å²) >= 11 is 0. The summed E-state index contributed by atoms with van der Waals surface area (Å²) in [5, 5.41) is 12.4. The van der Waals surface area contributed by atoms with Gasteiger partial charge in [0.1, 0.15) is 6.10 Å². The minimum atomic E-state index is -0.477. The first-order chi connectivity index (χ1) is 10.1. The van der Waals surface area contributed by atoms with Gasteiger partial charge in [0.25, 0.3) is 0 Å². The number of hydrogen-bond donors (Lipinski definition) is 2. The molecule has 0 saturated heterocycles. The molecule has 2 unspecified atom stereocenters. The second-order valence-electron chi connectivity index (χ2n) is 5.76. The molecule has 2 N–H and O–H groups in total. The molecular weight excluding hydrogens is 266 g/mol. The Morgan fingerprint density at radius 2 is 2.05 bits per heavy atom. The highest BCUT2D eigenvalue weighted by Gasteiger charge is 2.25. The highest BCUT2D eigenvalue weighted by atomic mass is 16.5. The number of carbonyl (C=O) groups is 1. The van der Waals surface area contributed by atoms with E-state index >= 15 is 0 Å². The first kappa shape index (κ1) is 16.0. The second kappa shape index (κ2) is 7.57. The van der Waals surface area contributed by atoms with Gasteiger partial charge in [0.15, 0.2) is 0 Å². The Morgan fingerprint density at radius 1 is 1.38 bits per heavy atom. The maximum Gasteiger partial charge on any atom is 0.249 e. The number of nitrogens with one attached hydrogen (secondary N) is 1. The number of rotatable bonds is 8. The predicted octanol–water partition coefficient (Wildman–Crippen LogP) is 2.21. The molecule has 4 heteroatoms. The van der Waals surface area contributed by atoms with Crippen molar-refractivity contribution >= 4 is 5.91 Å². The molecule has 0 spiro atoms. The van der Waals surface area contributed by atoms with Gasteiger partial charge in [-0.1, -0.05) is 31.2 Å². The van der Waals surface area contributed by atoms with Crippen LogP contribution >= 0.6 is 0 Å². The minimum absolute atomic E-state index is 0.118. The zero-order valence-electron chi connectivity index (χ0n) is 12.8. The zero-order chi connectivity index (χ0) is 15.2. The van der Waals surface area contributed by atoms with Gasteiger partial charge in [-0.25, -0.2) is 0 Å². The second-order valence-corrected chi connectivity index (χ2v) is 5.76. The lowest BCUT2D eigenvalue weighted by Crippen LogP contribution is -2.38. The maximum atomic E-state index is 12.1. The maximum absolute atomic E-state index is 12.1. The molecule has 1 aromatic carbocycles. The SMILES string of the molecule is CCc1ccc(C(CO)NC(=O)C(C)OCC2CC2)cc1. The van der Waals surface area contributed by atoms with E-state index in [1.54, 1.807) is 6.92 Å². The van der Waals surface area contributed by atoms with Crippen LogP contribution < -0.4 is 5.32 Å². The highest BCUT2D eigenvalue weighted by Crippen LogP contribution is 2.29. The topological polar surface area (TPSA) is 58.6 Å². The molecular formula is C17H25NO3. The van der Waals surface area contributed by atoms with Gasteiger partial charge in [-0.05, 0) is 43.2 Å². The van der Waals surface area contributed by atoms with E-state index in [0.717, 1.165) is 12.0 Å². The first-order valence-electron chi connectivity index (χ1n) is 7.75. The van der Waals surface area contributed by atoms with E-state index in [9.17, 15) is 9.90 Å². The summed E-state index contributed by atoms with van der Waals surface area (Å²) in [6, 6.07) is 7.58. The number of aliphatic hydroxyl groups is 1. The molecule has 0 radical (unpaired) electrons. The fourth-order valence-electron chi connectivity index (χ4n) is 2.15. The molecule has 1 fully saturated rings. The number of amides is 1. The third kappa shape index (κ3) is 4.83. The van der Waals surface area contributed by atoms with Gasteiger partial charge < -0.3 is 15.2 Å². The van der Waals surface area contributed by atoms with Crippen LogP contribution in [0.1, 0.15) is 43.9 Å². The summed E-state index contributed by atoms with van der Waals surface area (Å²) in [7, 11) is 0. The normalized spacial score (nSPS) is 17.3. The summed E-state index contributed by atoms with van der Waals surface area (Å²) in [6.07, 6.45) is 2.91. The molecule has 1 amide bonds. The van der Waals surface area contributed by atoms with Gasteiger partial charge >= 0.3 is 0 Å². The lowest BCUT2D eigenvalue weighted by atomic mass is 10.0. The number of hydrogen-bond acceptors (Lipinski definition) is 3. The summed E-state index contributed by atoms with van der Waals surface area (Å²) in [5.41, 5.74) is 2.15. The monoisotopic (exact) mass is 291 g/mol. The Bertz CT molecular complexity index is 454. The number of ether oxygens (including phenoxy) is 1. The molecule has 1 saturated carbocycles. The molecule has 0 aliphatic heterocycles. The molecule has 21 heavy (non-hydrogen) atoms. The number of aryl methyl sites for hydroxylation is 1. The molecule has 2 rings (SSSR count). The molecule has 1 aliphatic rings. The summed E-state index contributed by atoms with van der Waals surface area (Å²) in [4.78, 5) is 12.1. The smallest absolute Gasteiger partial charge is 0.249 e. The molecule has 0 heterocycles. The van der Waals surface area contributed by atoms with Crippen molar-refractivity contribution in [2.24, 2.45) is 5.92 Å². The van der Waals surface area contributed by atoms with Crippen molar-refractivity contribution < 1.29 is 14.6 Å². The van der Waals surface area contributed by atoms with Crippen molar-refractivity contribution in [1.82, 2.24) is 5.32 Å². The van der Waals surface area contributed by atoms with Crippen LogP contribution in [0, 0.1) is 5.92 Å². The van der Waals surface area contributed by atoms with Crippen molar-refractivity contribution in [2.75, 3.05) is 13.2 Å². The standard InChI is InChI=1S/C17H25NO3/c1-3-13-6-8-15(9-7-13)16(10-19)18-17(20)12(2)21-11-14-4-5-14/h6-9,12,14,16,19H,3-5,10-11H2,1-2H3,(H,18,20). The van der Waals surface area contributed by atoms with Crippen LogP contribution in [0.2, 0.25) is 0 Å². The van der Waals surface area contributed by atoms with Crippen molar-refractivity contribution in [3.8, 4) is 0 Å². The lowest BCUT2D eigenvalue weighted by Gasteiger charge is -2.20. The quantitative estimate of drug-likeness (QED) is 0.772. The third-order valence-corrected chi connectivity index (χ3v) is 3.94. The molecule has 1 aromatic rings. The molecule has 2 atom stereocenters. The van der Waals surface area contributed by atoms with E-state index in [1.807, 2.05) is 24.3 Å². The fraction of sp³-hybridized carbons (Fsp3) is 0.588. The van der Waals surface area contributed by atoms with Crippen LogP contribution in [-0.2, 0) is 16.0 Å². The van der Waals surface area contributed by atoms with Crippen LogP contribution in [0.3, 0.4) is 0 Å². The number of benzene rings is 1. The van der Waals surface area contributed by atoms with Crippen LogP contribution in [0.25, 0.3) is 0 Å². The average molecular weight is 291 g/mol. The van der Waals surface area contributed by atoms with Gasteiger partial charge in [-0.15, -0.1) is 0 Å². The van der Waals surface area contributed by atoms with Crippen LogP contribution in [0.5, 0.6) is 0 Å². The zero-order valence-corrected chi connectivity index (χ0v) is 12.8. The van der Waals surface area contributed by atoms with E-state index in [0.29, 0.717) is 12.5 Å². The molecule has 116 valence electrons. The van der Waals surface area contributed by atoms with Gasteiger partial charge in [-0.3, -0.25) is 4.79 Å². The van der Waals surface area contributed by atoms with Crippen molar-refractivity contribution in [3.05, 3.63) is 35.4 Å². The Labute approximate surface area is 126 Å². The predicted molar refractivity (Wildman–Crippen MR) is 81.9 cm³/mol. The average Bonchev–Trinajstić information content (AvgIpc) is 3.34. The van der Waals surface area contributed by atoms with E-state index in [1.165, 1.54) is 18.4 Å². The van der Waals surface area contributed by atoms with Crippen molar-refractivity contribution in [2.45, 2.75) is 45.3 Å². The van der Waals surface area contributed by atoms with Gasteiger partial charge in [0.2, 0.25) is 5.91 Å². The van der Waals surface area contributed by atoms with Crippen LogP contribution in [-0.4, -0.2) is 30.3 Å². The number of carbonyl (C=O) groups excluding carboxylic acids is 1. The largest absolute Gasteiger partial charge is 0.394 e. The Morgan fingerprint density at radius 3 is 2.57 bits per heavy atom. The highest BCUT2D eigenvalue weighted by molar-refractivity contribution is 5.80. The third-order valence-electron chi connectivity index (χ3n) is 3.94. The van der Waals surface area contributed by atoms with Gasteiger partial charge in [-0.2, -0.15) is 0 Å². The summed E-state index contributed by atoms with van der Waals surface area (Å²) in [5.74, 6) is 0.463. The Balaban J connectivity index is 1.88. The van der Waals surface area contributed by atoms with Crippen molar-refractivity contribution in [1.29, 1.82) is 0 Å². The Kier molecular flexibility index (Phi) is 5.76. The summed E-state index contributed by atoms with van der Waals surface area (Å²) < 4.78 is 5.55. The molecule has 0 aromatic heterocycles. The first-order valence-corrected chi connectivity index (χ1v) is 7.75. The minimum Gasteiger partial charge on any atom is -0.394 e. The van der Waals surface area contributed by atoms with Crippen LogP contribution in [0.15, 0.2) is 24.3 Å². The lowest BCUT2D eigenvalue weighted by molar-refractivity contribution is -0.133. The van der Waals surface area contributed by atoms with E-state index in [-0.39, 0.29) is 18.6 Å². The molecule has 4 nitrogen and oxygen atoms in total. The van der Waals surface area contributed by atoms with E-state index < -0.39 is 6.10 Å². The summed E-state index contributed by atoms with van der Waals surface area (Å²) in [6.45, 7) is 4.39. The van der Waals surface area contributed by atoms with Crippen molar-refractivity contribution in [3.63, 3.8) is 0 Å². The van der Waals surface area contributed by atoms with Gasteiger partial charge in [0.05, 0.1) is 19.3 Å². The van der Waals surface area contributed by atoms with E-state index in [4.69, 9.17) is 4.74 Å². The van der Waals surface area contributed by atoms with E-state index in [2.05, 4.69) is 12.2 Å². The Hall–Kier alpha value is -1.39. The molecule has 1 aliphatic carbocycles. The molecule has 0 bridgehead atoms.